The number of ether oxygens (including phenoxy) is 3. The SMILES string of the molecule is CCOc1ccc(CN2C(=O)C3(OCCO3)c3cccc(Cl)c32)cc1. The minimum Gasteiger partial charge on any atom is -0.494 e. The van der Waals surface area contributed by atoms with Gasteiger partial charge in [0.2, 0.25) is 0 Å². The van der Waals surface area contributed by atoms with Crippen LogP contribution in [0.1, 0.15) is 18.1 Å². The summed E-state index contributed by atoms with van der Waals surface area (Å²) < 4.78 is 16.9. The van der Waals surface area contributed by atoms with Crippen molar-refractivity contribution in [2.75, 3.05) is 24.7 Å². The molecule has 4 rings (SSSR count). The van der Waals surface area contributed by atoms with E-state index in [2.05, 4.69) is 0 Å². The Bertz CT molecular complexity index is 800. The highest BCUT2D eigenvalue weighted by molar-refractivity contribution is 6.35. The molecular weight excluding hydrogens is 342 g/mol. The number of amides is 1. The summed E-state index contributed by atoms with van der Waals surface area (Å²) in [6.07, 6.45) is 0. The van der Waals surface area contributed by atoms with Gasteiger partial charge in [0.05, 0.1) is 37.1 Å². The van der Waals surface area contributed by atoms with Gasteiger partial charge in [-0.1, -0.05) is 35.9 Å². The normalized spacial score (nSPS) is 18.0. The zero-order valence-electron chi connectivity index (χ0n) is 13.8. The van der Waals surface area contributed by atoms with E-state index < -0.39 is 5.79 Å². The van der Waals surface area contributed by atoms with Gasteiger partial charge in [0, 0.05) is 5.56 Å². The number of carbonyl (C=O) groups is 1. The van der Waals surface area contributed by atoms with E-state index in [-0.39, 0.29) is 5.91 Å². The molecule has 1 saturated heterocycles. The van der Waals surface area contributed by atoms with Gasteiger partial charge in [0.15, 0.2) is 0 Å². The zero-order chi connectivity index (χ0) is 17.4. The van der Waals surface area contributed by atoms with E-state index in [4.69, 9.17) is 25.8 Å². The van der Waals surface area contributed by atoms with Crippen LogP contribution in [0.3, 0.4) is 0 Å². The number of fused-ring (bicyclic) bond motifs is 2. The number of hydrogen-bond donors (Lipinski definition) is 0. The largest absolute Gasteiger partial charge is 0.494 e. The maximum atomic E-state index is 13.1. The molecule has 0 radical (unpaired) electrons. The average molecular weight is 360 g/mol. The lowest BCUT2D eigenvalue weighted by atomic mass is 10.1. The van der Waals surface area contributed by atoms with Gasteiger partial charge in [0.1, 0.15) is 5.75 Å². The molecular formula is C19H18ClNO4. The van der Waals surface area contributed by atoms with Crippen LogP contribution in [0.25, 0.3) is 0 Å². The van der Waals surface area contributed by atoms with Crippen LogP contribution in [0.4, 0.5) is 5.69 Å². The third-order valence-corrected chi connectivity index (χ3v) is 4.71. The van der Waals surface area contributed by atoms with Gasteiger partial charge in [-0.15, -0.1) is 0 Å². The number of rotatable bonds is 4. The third kappa shape index (κ3) is 2.59. The van der Waals surface area contributed by atoms with Gasteiger partial charge in [-0.05, 0) is 30.7 Å². The number of hydrogen-bond acceptors (Lipinski definition) is 4. The molecule has 0 saturated carbocycles. The molecule has 1 amide bonds. The lowest BCUT2D eigenvalue weighted by Crippen LogP contribution is -2.40. The highest BCUT2D eigenvalue weighted by atomic mass is 35.5. The second-order valence-corrected chi connectivity index (χ2v) is 6.32. The van der Waals surface area contributed by atoms with E-state index in [1.54, 1.807) is 11.0 Å². The van der Waals surface area contributed by atoms with Crippen molar-refractivity contribution < 1.29 is 19.0 Å². The van der Waals surface area contributed by atoms with E-state index in [1.165, 1.54) is 0 Å². The van der Waals surface area contributed by atoms with Crippen molar-refractivity contribution in [2.45, 2.75) is 19.3 Å². The zero-order valence-corrected chi connectivity index (χ0v) is 14.6. The number of carbonyl (C=O) groups excluding carboxylic acids is 1. The molecule has 1 fully saturated rings. The van der Waals surface area contributed by atoms with Crippen molar-refractivity contribution in [3.05, 3.63) is 58.6 Å². The molecule has 2 aromatic carbocycles. The molecule has 2 heterocycles. The Morgan fingerprint density at radius 3 is 2.56 bits per heavy atom. The average Bonchev–Trinajstić information content (AvgIpc) is 3.19. The van der Waals surface area contributed by atoms with Crippen LogP contribution in [0.2, 0.25) is 5.02 Å². The first kappa shape index (κ1) is 16.4. The summed E-state index contributed by atoms with van der Waals surface area (Å²) >= 11 is 6.40. The molecule has 130 valence electrons. The Labute approximate surface area is 151 Å². The topological polar surface area (TPSA) is 48.0 Å². The number of halogens is 1. The minimum absolute atomic E-state index is 0.234. The molecule has 0 N–H and O–H groups in total. The molecule has 2 aliphatic rings. The second-order valence-electron chi connectivity index (χ2n) is 5.92. The van der Waals surface area contributed by atoms with Gasteiger partial charge in [0.25, 0.3) is 11.7 Å². The Kier molecular flexibility index (Phi) is 4.15. The maximum absolute atomic E-state index is 13.1. The predicted octanol–water partition coefficient (Wildman–Crippen LogP) is 3.49. The number of para-hydroxylation sites is 1. The molecule has 0 atom stereocenters. The molecule has 0 bridgehead atoms. The smallest absolute Gasteiger partial charge is 0.292 e. The fourth-order valence-corrected chi connectivity index (χ4v) is 3.61. The van der Waals surface area contributed by atoms with Crippen LogP contribution < -0.4 is 9.64 Å². The lowest BCUT2D eigenvalue weighted by Gasteiger charge is -2.22. The molecule has 0 aromatic heterocycles. The van der Waals surface area contributed by atoms with Crippen molar-refractivity contribution in [3.63, 3.8) is 0 Å². The fourth-order valence-electron chi connectivity index (χ4n) is 3.33. The lowest BCUT2D eigenvalue weighted by molar-refractivity contribution is -0.180. The van der Waals surface area contributed by atoms with Crippen molar-refractivity contribution in [2.24, 2.45) is 0 Å². The van der Waals surface area contributed by atoms with Crippen LogP contribution in [-0.2, 0) is 26.6 Å². The number of nitrogens with zero attached hydrogens (tertiary/aromatic N) is 1. The van der Waals surface area contributed by atoms with E-state index in [0.29, 0.717) is 42.6 Å². The van der Waals surface area contributed by atoms with Gasteiger partial charge in [-0.25, -0.2) is 0 Å². The van der Waals surface area contributed by atoms with Crippen LogP contribution in [0, 0.1) is 0 Å². The minimum atomic E-state index is -1.36. The van der Waals surface area contributed by atoms with Gasteiger partial charge < -0.3 is 19.1 Å². The number of benzene rings is 2. The van der Waals surface area contributed by atoms with Crippen molar-refractivity contribution in [1.29, 1.82) is 0 Å². The second kappa shape index (κ2) is 6.33. The third-order valence-electron chi connectivity index (χ3n) is 4.41. The van der Waals surface area contributed by atoms with Crippen LogP contribution in [-0.4, -0.2) is 25.7 Å². The highest BCUT2D eigenvalue weighted by Crippen LogP contribution is 2.49. The van der Waals surface area contributed by atoms with E-state index in [9.17, 15) is 4.79 Å². The van der Waals surface area contributed by atoms with Crippen molar-refractivity contribution in [1.82, 2.24) is 0 Å². The molecule has 6 heteroatoms. The summed E-state index contributed by atoms with van der Waals surface area (Å²) in [5.74, 6) is -0.788. The summed E-state index contributed by atoms with van der Waals surface area (Å²) in [5, 5.41) is 0.507. The first-order valence-corrected chi connectivity index (χ1v) is 8.64. The summed E-state index contributed by atoms with van der Waals surface area (Å²) in [5.41, 5.74) is 2.30. The molecule has 2 aromatic rings. The number of anilines is 1. The highest BCUT2D eigenvalue weighted by Gasteiger charge is 2.56. The molecule has 0 aliphatic carbocycles. The van der Waals surface area contributed by atoms with E-state index in [0.717, 1.165) is 11.3 Å². The van der Waals surface area contributed by atoms with Gasteiger partial charge >= 0.3 is 0 Å². The summed E-state index contributed by atoms with van der Waals surface area (Å²) in [6.45, 7) is 3.71. The standard InChI is InChI=1S/C19H18ClNO4/c1-2-23-14-8-6-13(7-9-14)12-21-17-15(4-3-5-16(17)20)19(18(21)22)24-10-11-25-19/h3-9H,2,10-12H2,1H3. The van der Waals surface area contributed by atoms with Gasteiger partial charge in [-0.2, -0.15) is 0 Å². The van der Waals surface area contributed by atoms with Crippen LogP contribution in [0.15, 0.2) is 42.5 Å². The van der Waals surface area contributed by atoms with Crippen LogP contribution in [0.5, 0.6) is 5.75 Å². The summed E-state index contributed by atoms with van der Waals surface area (Å²) in [6, 6.07) is 13.1. The molecule has 0 unspecified atom stereocenters. The Balaban J connectivity index is 1.69. The van der Waals surface area contributed by atoms with E-state index >= 15 is 0 Å². The Morgan fingerprint density at radius 2 is 1.88 bits per heavy atom. The van der Waals surface area contributed by atoms with Crippen LogP contribution >= 0.6 is 11.6 Å². The predicted molar refractivity (Wildman–Crippen MR) is 93.8 cm³/mol. The van der Waals surface area contributed by atoms with E-state index in [1.807, 2.05) is 43.3 Å². The Hall–Kier alpha value is -2.08. The molecule has 5 nitrogen and oxygen atoms in total. The first-order chi connectivity index (χ1) is 12.2. The molecule has 1 spiro atoms. The molecule has 2 aliphatic heterocycles. The molecule has 25 heavy (non-hydrogen) atoms. The van der Waals surface area contributed by atoms with Gasteiger partial charge in [-0.3, -0.25) is 4.79 Å². The fraction of sp³-hybridized carbons (Fsp3) is 0.316. The van der Waals surface area contributed by atoms with Crippen molar-refractivity contribution in [3.8, 4) is 5.75 Å². The Morgan fingerprint density at radius 1 is 1.16 bits per heavy atom. The maximum Gasteiger partial charge on any atom is 0.292 e. The first-order valence-electron chi connectivity index (χ1n) is 8.26. The quantitative estimate of drug-likeness (QED) is 0.838. The monoisotopic (exact) mass is 359 g/mol. The van der Waals surface area contributed by atoms with Crippen molar-refractivity contribution >= 4 is 23.2 Å². The summed E-state index contributed by atoms with van der Waals surface area (Å²) in [4.78, 5) is 14.7. The summed E-state index contributed by atoms with van der Waals surface area (Å²) in [7, 11) is 0.